The standard InChI is InChI=1S/C36H70O3/c1-3-5-7-9-11-13-15-17-19-21-23-25-27-29-33(35-31-37-35)39-34(36-32-38-36)30-28-26-24-22-20-18-16-14-12-10-8-6-4-2/h33-36H,3-32H2,1-2H3. The molecule has 3 nitrogen and oxygen atoms in total. The van der Waals surface area contributed by atoms with Crippen LogP contribution < -0.4 is 0 Å². The van der Waals surface area contributed by atoms with Crippen LogP contribution in [0.15, 0.2) is 0 Å². The molecule has 0 bridgehead atoms. The van der Waals surface area contributed by atoms with Crippen LogP contribution in [0.2, 0.25) is 0 Å². The SMILES string of the molecule is CCCCCCCCCCCCCCCC(OC(CCCCCCCCCCCCCCC)C1CO1)C1CO1. The molecule has 0 radical (unpaired) electrons. The maximum absolute atomic E-state index is 6.66. The van der Waals surface area contributed by atoms with Gasteiger partial charge in [-0.2, -0.15) is 0 Å². The molecule has 0 aromatic carbocycles. The molecule has 0 aliphatic carbocycles. The van der Waals surface area contributed by atoms with Gasteiger partial charge in [-0.1, -0.05) is 181 Å². The molecule has 232 valence electrons. The van der Waals surface area contributed by atoms with Crippen molar-refractivity contribution in [2.24, 2.45) is 0 Å². The molecular formula is C36H70O3. The van der Waals surface area contributed by atoms with Crippen LogP contribution in [0.25, 0.3) is 0 Å². The van der Waals surface area contributed by atoms with Gasteiger partial charge in [0.25, 0.3) is 0 Å². The molecule has 0 amide bonds. The second-order valence-electron chi connectivity index (χ2n) is 13.0. The van der Waals surface area contributed by atoms with Crippen LogP contribution in [0.1, 0.15) is 194 Å². The van der Waals surface area contributed by atoms with Crippen molar-refractivity contribution in [2.45, 2.75) is 218 Å². The minimum absolute atomic E-state index is 0.300. The first-order valence-electron chi connectivity index (χ1n) is 18.2. The van der Waals surface area contributed by atoms with E-state index in [2.05, 4.69) is 13.8 Å². The summed E-state index contributed by atoms with van der Waals surface area (Å²) in [5, 5.41) is 0. The van der Waals surface area contributed by atoms with Crippen molar-refractivity contribution in [3.8, 4) is 0 Å². The van der Waals surface area contributed by atoms with Gasteiger partial charge in [0.1, 0.15) is 12.2 Å². The minimum atomic E-state index is 0.300. The van der Waals surface area contributed by atoms with Crippen molar-refractivity contribution in [2.75, 3.05) is 13.2 Å². The average Bonchev–Trinajstić information content (AvgIpc) is 3.86. The minimum Gasteiger partial charge on any atom is -0.370 e. The van der Waals surface area contributed by atoms with Crippen LogP contribution in [0.4, 0.5) is 0 Å². The fraction of sp³-hybridized carbons (Fsp3) is 1.00. The van der Waals surface area contributed by atoms with E-state index >= 15 is 0 Å². The van der Waals surface area contributed by atoms with Crippen molar-refractivity contribution in [1.82, 2.24) is 0 Å². The van der Waals surface area contributed by atoms with E-state index in [-0.39, 0.29) is 0 Å². The van der Waals surface area contributed by atoms with Crippen LogP contribution in [-0.4, -0.2) is 37.6 Å². The summed E-state index contributed by atoms with van der Waals surface area (Å²) in [5.41, 5.74) is 0. The topological polar surface area (TPSA) is 34.3 Å². The van der Waals surface area contributed by atoms with Crippen molar-refractivity contribution in [3.63, 3.8) is 0 Å². The van der Waals surface area contributed by atoms with Crippen molar-refractivity contribution < 1.29 is 14.2 Å². The zero-order valence-corrected chi connectivity index (χ0v) is 26.7. The van der Waals surface area contributed by atoms with Crippen molar-refractivity contribution in [3.05, 3.63) is 0 Å². The monoisotopic (exact) mass is 551 g/mol. The highest BCUT2D eigenvalue weighted by Crippen LogP contribution is 2.29. The van der Waals surface area contributed by atoms with Crippen LogP contribution in [0, 0.1) is 0 Å². The Balaban J connectivity index is 1.41. The van der Waals surface area contributed by atoms with Gasteiger partial charge >= 0.3 is 0 Å². The quantitative estimate of drug-likeness (QED) is 0.0617. The normalized spacial score (nSPS) is 19.8. The Morgan fingerprint density at radius 1 is 0.410 bits per heavy atom. The van der Waals surface area contributed by atoms with Crippen LogP contribution in [-0.2, 0) is 14.2 Å². The van der Waals surface area contributed by atoms with E-state index in [0.29, 0.717) is 24.4 Å². The molecule has 0 spiro atoms. The largest absolute Gasteiger partial charge is 0.370 e. The highest BCUT2D eigenvalue weighted by Gasteiger charge is 2.39. The molecule has 2 saturated heterocycles. The van der Waals surface area contributed by atoms with Gasteiger partial charge in [-0.15, -0.1) is 0 Å². The highest BCUT2D eigenvalue weighted by atomic mass is 16.6. The van der Waals surface area contributed by atoms with Gasteiger partial charge in [0.05, 0.1) is 25.4 Å². The molecule has 2 aliphatic rings. The average molecular weight is 551 g/mol. The Morgan fingerprint density at radius 3 is 0.872 bits per heavy atom. The van der Waals surface area contributed by atoms with E-state index in [9.17, 15) is 0 Å². The van der Waals surface area contributed by atoms with Gasteiger partial charge in [-0.3, -0.25) is 0 Å². The first kappa shape index (κ1) is 35.1. The maximum Gasteiger partial charge on any atom is 0.107 e. The first-order valence-corrected chi connectivity index (χ1v) is 18.2. The fourth-order valence-corrected chi connectivity index (χ4v) is 6.17. The van der Waals surface area contributed by atoms with Crippen LogP contribution in [0.5, 0.6) is 0 Å². The zero-order chi connectivity index (χ0) is 27.6. The molecule has 2 heterocycles. The summed E-state index contributed by atoms with van der Waals surface area (Å²) >= 11 is 0. The Labute approximate surface area is 245 Å². The third kappa shape index (κ3) is 21.3. The molecule has 2 aliphatic heterocycles. The fourth-order valence-electron chi connectivity index (χ4n) is 6.17. The number of hydrogen-bond acceptors (Lipinski definition) is 3. The van der Waals surface area contributed by atoms with Crippen LogP contribution >= 0.6 is 0 Å². The van der Waals surface area contributed by atoms with E-state index in [1.54, 1.807) is 0 Å². The number of ether oxygens (including phenoxy) is 3. The van der Waals surface area contributed by atoms with Crippen molar-refractivity contribution >= 4 is 0 Å². The summed E-state index contributed by atoms with van der Waals surface area (Å²) in [4.78, 5) is 0. The molecular weight excluding hydrogens is 480 g/mol. The second-order valence-corrected chi connectivity index (χ2v) is 13.0. The lowest BCUT2D eigenvalue weighted by Crippen LogP contribution is -2.30. The molecule has 4 unspecified atom stereocenters. The summed E-state index contributed by atoms with van der Waals surface area (Å²) in [5.74, 6) is 0. The van der Waals surface area contributed by atoms with Crippen LogP contribution in [0.3, 0.4) is 0 Å². The van der Waals surface area contributed by atoms with Gasteiger partial charge in [0, 0.05) is 0 Å². The predicted octanol–water partition coefficient (Wildman–Crippen LogP) is 11.5. The zero-order valence-electron chi connectivity index (χ0n) is 26.7. The molecule has 2 rings (SSSR count). The van der Waals surface area contributed by atoms with E-state index in [0.717, 1.165) is 13.2 Å². The van der Waals surface area contributed by atoms with E-state index in [1.807, 2.05) is 0 Å². The lowest BCUT2D eigenvalue weighted by Gasteiger charge is -2.23. The summed E-state index contributed by atoms with van der Waals surface area (Å²) in [6, 6.07) is 0. The molecule has 0 aromatic heterocycles. The van der Waals surface area contributed by atoms with E-state index < -0.39 is 0 Å². The Morgan fingerprint density at radius 2 is 0.641 bits per heavy atom. The van der Waals surface area contributed by atoms with Gasteiger partial charge in [-0.25, -0.2) is 0 Å². The number of rotatable bonds is 32. The lowest BCUT2D eigenvalue weighted by atomic mass is 10.0. The van der Waals surface area contributed by atoms with E-state index in [4.69, 9.17) is 14.2 Å². The third-order valence-corrected chi connectivity index (χ3v) is 9.08. The lowest BCUT2D eigenvalue weighted by molar-refractivity contribution is -0.0468. The van der Waals surface area contributed by atoms with Gasteiger partial charge in [0.2, 0.25) is 0 Å². The summed E-state index contributed by atoms with van der Waals surface area (Å²) in [6.07, 6.45) is 40.4. The highest BCUT2D eigenvalue weighted by molar-refractivity contribution is 4.86. The Bertz CT molecular complexity index is 458. The molecule has 0 saturated carbocycles. The van der Waals surface area contributed by atoms with Gasteiger partial charge < -0.3 is 14.2 Å². The summed E-state index contributed by atoms with van der Waals surface area (Å²) < 4.78 is 18.0. The smallest absolute Gasteiger partial charge is 0.107 e. The van der Waals surface area contributed by atoms with Gasteiger partial charge in [-0.05, 0) is 12.8 Å². The summed E-state index contributed by atoms with van der Waals surface area (Å²) in [7, 11) is 0. The molecule has 3 heteroatoms. The molecule has 4 atom stereocenters. The molecule has 0 N–H and O–H groups in total. The molecule has 39 heavy (non-hydrogen) atoms. The maximum atomic E-state index is 6.66. The predicted molar refractivity (Wildman–Crippen MR) is 169 cm³/mol. The Kier molecular flexibility index (Phi) is 23.0. The Hall–Kier alpha value is -0.120. The summed E-state index contributed by atoms with van der Waals surface area (Å²) in [6.45, 7) is 6.41. The second kappa shape index (κ2) is 25.6. The van der Waals surface area contributed by atoms with Crippen molar-refractivity contribution in [1.29, 1.82) is 0 Å². The van der Waals surface area contributed by atoms with Gasteiger partial charge in [0.15, 0.2) is 0 Å². The number of epoxide rings is 2. The first-order chi connectivity index (χ1) is 19.3. The number of unbranched alkanes of at least 4 members (excludes halogenated alkanes) is 24. The number of hydrogen-bond donors (Lipinski definition) is 0. The molecule has 2 fully saturated rings. The third-order valence-electron chi connectivity index (χ3n) is 9.08. The molecule has 0 aromatic rings. The van der Waals surface area contributed by atoms with E-state index in [1.165, 1.54) is 180 Å².